The Morgan fingerprint density at radius 3 is 2.00 bits per heavy atom. The number of aryl methyl sites for hydroxylation is 4. The molecule has 3 rings (SSSR count). The molecular weight excluding hydrogens is 314 g/mol. The van der Waals surface area contributed by atoms with Crippen molar-refractivity contribution in [2.24, 2.45) is 0 Å². The second-order valence-electron chi connectivity index (χ2n) is 6.05. The molecule has 128 valence electrons. The van der Waals surface area contributed by atoms with Crippen molar-refractivity contribution >= 4 is 11.9 Å². The van der Waals surface area contributed by atoms with Gasteiger partial charge >= 0.3 is 0 Å². The first kappa shape index (κ1) is 16.7. The fraction of sp³-hybridized carbons (Fsp3) is 0.211. The van der Waals surface area contributed by atoms with Gasteiger partial charge in [0.05, 0.1) is 0 Å². The SMILES string of the molecule is Cc1cc(C)nc(NNC(=O)c2ccc(-n3c(C)ccc3C)cc2)n1. The van der Waals surface area contributed by atoms with Crippen molar-refractivity contribution in [3.8, 4) is 5.69 Å². The minimum Gasteiger partial charge on any atom is -0.319 e. The Labute approximate surface area is 146 Å². The minimum atomic E-state index is -0.241. The van der Waals surface area contributed by atoms with E-state index in [1.165, 1.54) is 0 Å². The molecule has 1 aromatic carbocycles. The second kappa shape index (κ2) is 6.76. The van der Waals surface area contributed by atoms with Gasteiger partial charge in [-0.3, -0.25) is 15.6 Å². The molecule has 0 aliphatic heterocycles. The molecular formula is C19H21N5O. The summed E-state index contributed by atoms with van der Waals surface area (Å²) in [6.07, 6.45) is 0. The maximum Gasteiger partial charge on any atom is 0.269 e. The molecule has 3 aromatic rings. The molecule has 0 aliphatic carbocycles. The second-order valence-corrected chi connectivity index (χ2v) is 6.05. The lowest BCUT2D eigenvalue weighted by Crippen LogP contribution is -2.30. The first-order chi connectivity index (χ1) is 11.9. The molecule has 2 aromatic heterocycles. The number of carbonyl (C=O) groups is 1. The summed E-state index contributed by atoms with van der Waals surface area (Å²) in [7, 11) is 0. The molecule has 6 heteroatoms. The van der Waals surface area contributed by atoms with Crippen LogP contribution in [0.1, 0.15) is 33.1 Å². The zero-order chi connectivity index (χ0) is 18.0. The Bertz CT molecular complexity index is 872. The van der Waals surface area contributed by atoms with Crippen molar-refractivity contribution in [2.45, 2.75) is 27.7 Å². The predicted molar refractivity (Wildman–Crippen MR) is 97.8 cm³/mol. The molecule has 0 saturated heterocycles. The van der Waals surface area contributed by atoms with Crippen molar-refractivity contribution in [1.82, 2.24) is 20.0 Å². The fourth-order valence-electron chi connectivity index (χ4n) is 2.80. The van der Waals surface area contributed by atoms with Gasteiger partial charge in [-0.1, -0.05) is 0 Å². The topological polar surface area (TPSA) is 71.8 Å². The zero-order valence-electron chi connectivity index (χ0n) is 14.8. The van der Waals surface area contributed by atoms with Gasteiger partial charge in [-0.25, -0.2) is 9.97 Å². The summed E-state index contributed by atoms with van der Waals surface area (Å²) >= 11 is 0. The third-order valence-corrected chi connectivity index (χ3v) is 3.93. The van der Waals surface area contributed by atoms with Crippen molar-refractivity contribution in [3.05, 3.63) is 70.8 Å². The van der Waals surface area contributed by atoms with Crippen molar-refractivity contribution < 1.29 is 4.79 Å². The van der Waals surface area contributed by atoms with Gasteiger partial charge in [0.25, 0.3) is 5.91 Å². The van der Waals surface area contributed by atoms with E-state index in [2.05, 4.69) is 51.4 Å². The maximum absolute atomic E-state index is 12.3. The van der Waals surface area contributed by atoms with E-state index in [0.29, 0.717) is 11.5 Å². The van der Waals surface area contributed by atoms with Gasteiger partial charge in [0.2, 0.25) is 5.95 Å². The zero-order valence-corrected chi connectivity index (χ0v) is 14.8. The monoisotopic (exact) mass is 335 g/mol. The van der Waals surface area contributed by atoms with E-state index in [1.54, 1.807) is 12.1 Å². The van der Waals surface area contributed by atoms with Crippen LogP contribution in [0.15, 0.2) is 42.5 Å². The summed E-state index contributed by atoms with van der Waals surface area (Å²) in [5.74, 6) is 0.135. The average Bonchev–Trinajstić information content (AvgIpc) is 2.91. The first-order valence-corrected chi connectivity index (χ1v) is 8.08. The third kappa shape index (κ3) is 3.68. The van der Waals surface area contributed by atoms with Crippen LogP contribution in [0.3, 0.4) is 0 Å². The molecule has 0 aliphatic rings. The Morgan fingerprint density at radius 2 is 1.44 bits per heavy atom. The van der Waals surface area contributed by atoms with E-state index in [-0.39, 0.29) is 5.91 Å². The van der Waals surface area contributed by atoms with E-state index >= 15 is 0 Å². The molecule has 2 heterocycles. The first-order valence-electron chi connectivity index (χ1n) is 8.08. The van der Waals surface area contributed by atoms with E-state index in [0.717, 1.165) is 28.5 Å². The molecule has 6 nitrogen and oxygen atoms in total. The number of nitrogens with one attached hydrogen (secondary N) is 2. The lowest BCUT2D eigenvalue weighted by atomic mass is 10.2. The van der Waals surface area contributed by atoms with Crippen LogP contribution in [-0.4, -0.2) is 20.4 Å². The van der Waals surface area contributed by atoms with E-state index < -0.39 is 0 Å². The van der Waals surface area contributed by atoms with Gasteiger partial charge < -0.3 is 4.57 Å². The molecule has 0 unspecified atom stereocenters. The Balaban J connectivity index is 1.71. The van der Waals surface area contributed by atoms with Crippen LogP contribution in [0.4, 0.5) is 5.95 Å². The highest BCUT2D eigenvalue weighted by Crippen LogP contribution is 2.16. The maximum atomic E-state index is 12.3. The number of benzene rings is 1. The minimum absolute atomic E-state index is 0.241. The number of carbonyl (C=O) groups excluding carboxylic acids is 1. The third-order valence-electron chi connectivity index (χ3n) is 3.93. The van der Waals surface area contributed by atoms with E-state index in [9.17, 15) is 4.79 Å². The summed E-state index contributed by atoms with van der Waals surface area (Å²) in [4.78, 5) is 20.7. The van der Waals surface area contributed by atoms with Crippen LogP contribution in [0.5, 0.6) is 0 Å². The summed E-state index contributed by atoms with van der Waals surface area (Å²) in [5.41, 5.74) is 11.0. The van der Waals surface area contributed by atoms with Crippen LogP contribution >= 0.6 is 0 Å². The van der Waals surface area contributed by atoms with Crippen molar-refractivity contribution in [1.29, 1.82) is 0 Å². The van der Waals surface area contributed by atoms with E-state index in [1.807, 2.05) is 32.0 Å². The van der Waals surface area contributed by atoms with Gasteiger partial charge in [0, 0.05) is 34.0 Å². The van der Waals surface area contributed by atoms with Crippen LogP contribution in [0.2, 0.25) is 0 Å². The standard InChI is InChI=1S/C19H21N5O/c1-12-11-13(2)21-19(20-12)23-22-18(25)16-7-9-17(10-8-16)24-14(3)5-6-15(24)4/h5-11H,1-4H3,(H,22,25)(H,20,21,23). The Morgan fingerprint density at radius 1 is 0.880 bits per heavy atom. The Kier molecular flexibility index (Phi) is 4.52. The summed E-state index contributed by atoms with van der Waals surface area (Å²) in [6.45, 7) is 7.88. The summed E-state index contributed by atoms with van der Waals surface area (Å²) in [6, 6.07) is 13.5. The molecule has 1 amide bonds. The number of amides is 1. The largest absolute Gasteiger partial charge is 0.319 e. The van der Waals surface area contributed by atoms with Crippen LogP contribution in [0.25, 0.3) is 5.69 Å². The summed E-state index contributed by atoms with van der Waals surface area (Å²) < 4.78 is 2.14. The van der Waals surface area contributed by atoms with Gasteiger partial charge in [-0.2, -0.15) is 0 Å². The number of aromatic nitrogens is 3. The smallest absolute Gasteiger partial charge is 0.269 e. The number of hydrogen-bond acceptors (Lipinski definition) is 4. The molecule has 2 N–H and O–H groups in total. The van der Waals surface area contributed by atoms with Gasteiger partial charge in [-0.05, 0) is 70.2 Å². The molecule has 0 atom stereocenters. The fourth-order valence-corrected chi connectivity index (χ4v) is 2.80. The molecule has 0 bridgehead atoms. The summed E-state index contributed by atoms with van der Waals surface area (Å²) in [5, 5.41) is 0. The van der Waals surface area contributed by atoms with Crippen LogP contribution < -0.4 is 10.9 Å². The highest BCUT2D eigenvalue weighted by atomic mass is 16.2. The molecule has 0 fully saturated rings. The van der Waals surface area contributed by atoms with Crippen molar-refractivity contribution in [2.75, 3.05) is 5.43 Å². The number of rotatable bonds is 4. The molecule has 25 heavy (non-hydrogen) atoms. The molecule has 0 radical (unpaired) electrons. The lowest BCUT2D eigenvalue weighted by molar-refractivity contribution is 0.0962. The average molecular weight is 335 g/mol. The number of hydrazine groups is 1. The van der Waals surface area contributed by atoms with Crippen LogP contribution in [-0.2, 0) is 0 Å². The number of anilines is 1. The highest BCUT2D eigenvalue weighted by molar-refractivity contribution is 5.94. The van der Waals surface area contributed by atoms with E-state index in [4.69, 9.17) is 0 Å². The normalized spacial score (nSPS) is 10.6. The van der Waals surface area contributed by atoms with Crippen molar-refractivity contribution in [3.63, 3.8) is 0 Å². The Hall–Kier alpha value is -3.15. The molecule has 0 spiro atoms. The molecule has 0 saturated carbocycles. The van der Waals surface area contributed by atoms with Gasteiger partial charge in [0.15, 0.2) is 0 Å². The van der Waals surface area contributed by atoms with Gasteiger partial charge in [-0.15, -0.1) is 0 Å². The number of hydrogen-bond donors (Lipinski definition) is 2. The predicted octanol–water partition coefficient (Wildman–Crippen LogP) is 3.26. The lowest BCUT2D eigenvalue weighted by Gasteiger charge is -2.11. The number of nitrogens with zero attached hydrogens (tertiary/aromatic N) is 3. The quantitative estimate of drug-likeness (QED) is 0.718. The van der Waals surface area contributed by atoms with Crippen LogP contribution in [0, 0.1) is 27.7 Å². The highest BCUT2D eigenvalue weighted by Gasteiger charge is 2.08. The van der Waals surface area contributed by atoms with Gasteiger partial charge in [0.1, 0.15) is 0 Å².